The molecule has 0 radical (unpaired) electrons. The predicted octanol–water partition coefficient (Wildman–Crippen LogP) is 0.905. The number of amides is 1. The van der Waals surface area contributed by atoms with E-state index in [1.807, 2.05) is 18.2 Å². The smallest absolute Gasteiger partial charge is 0.282 e. The Morgan fingerprint density at radius 1 is 1.41 bits per heavy atom. The quantitative estimate of drug-likeness (QED) is 0.841. The molecule has 2 heterocycles. The summed E-state index contributed by atoms with van der Waals surface area (Å²) in [5.74, 6) is -0.241. The van der Waals surface area contributed by atoms with E-state index >= 15 is 0 Å². The first kappa shape index (κ1) is 11.5. The van der Waals surface area contributed by atoms with Crippen LogP contribution in [0.15, 0.2) is 24.4 Å². The standard InChI is InChI=1S/C10H11N5OS/c1-11-10-15-14-9(17-10)8(16)13-6-7-4-2-3-5-12-7/h2-5H,6H2,1H3,(H,11,15)(H,13,16). The summed E-state index contributed by atoms with van der Waals surface area (Å²) in [5.41, 5.74) is 0.805. The van der Waals surface area contributed by atoms with Crippen LogP contribution in [0.4, 0.5) is 5.13 Å². The highest BCUT2D eigenvalue weighted by Gasteiger charge is 2.11. The highest BCUT2D eigenvalue weighted by atomic mass is 32.1. The van der Waals surface area contributed by atoms with Crippen molar-refractivity contribution in [3.8, 4) is 0 Å². The van der Waals surface area contributed by atoms with Crippen molar-refractivity contribution in [3.05, 3.63) is 35.1 Å². The second-order valence-electron chi connectivity index (χ2n) is 3.17. The lowest BCUT2D eigenvalue weighted by Crippen LogP contribution is -2.23. The Morgan fingerprint density at radius 3 is 2.94 bits per heavy atom. The fraction of sp³-hybridized carbons (Fsp3) is 0.200. The summed E-state index contributed by atoms with van der Waals surface area (Å²) >= 11 is 1.21. The molecule has 0 fully saturated rings. The van der Waals surface area contributed by atoms with Crippen LogP contribution in [0.25, 0.3) is 0 Å². The third kappa shape index (κ3) is 2.97. The molecule has 2 aromatic rings. The number of rotatable bonds is 4. The van der Waals surface area contributed by atoms with Gasteiger partial charge in [-0.25, -0.2) is 0 Å². The molecule has 2 rings (SSSR count). The number of carbonyl (C=O) groups excluding carboxylic acids is 1. The molecule has 0 spiro atoms. The molecule has 0 saturated carbocycles. The Morgan fingerprint density at radius 2 is 2.29 bits per heavy atom. The fourth-order valence-corrected chi connectivity index (χ4v) is 1.78. The van der Waals surface area contributed by atoms with Crippen LogP contribution in [0.3, 0.4) is 0 Å². The van der Waals surface area contributed by atoms with E-state index in [1.165, 1.54) is 11.3 Å². The van der Waals surface area contributed by atoms with Crippen LogP contribution in [0.5, 0.6) is 0 Å². The van der Waals surface area contributed by atoms with Crippen LogP contribution in [-0.2, 0) is 6.54 Å². The zero-order valence-electron chi connectivity index (χ0n) is 9.17. The lowest BCUT2D eigenvalue weighted by molar-refractivity contribution is 0.0949. The average molecular weight is 249 g/mol. The molecule has 0 bridgehead atoms. The first-order chi connectivity index (χ1) is 8.29. The van der Waals surface area contributed by atoms with Crippen molar-refractivity contribution >= 4 is 22.4 Å². The zero-order valence-corrected chi connectivity index (χ0v) is 9.99. The van der Waals surface area contributed by atoms with Gasteiger partial charge in [0.25, 0.3) is 5.91 Å². The summed E-state index contributed by atoms with van der Waals surface area (Å²) in [5, 5.41) is 14.1. The van der Waals surface area contributed by atoms with Crippen LogP contribution >= 0.6 is 11.3 Å². The van der Waals surface area contributed by atoms with E-state index in [9.17, 15) is 4.79 Å². The monoisotopic (exact) mass is 249 g/mol. The maximum Gasteiger partial charge on any atom is 0.282 e. The summed E-state index contributed by atoms with van der Waals surface area (Å²) in [4.78, 5) is 15.8. The van der Waals surface area contributed by atoms with Crippen LogP contribution in [0.2, 0.25) is 0 Å². The van der Waals surface area contributed by atoms with Crippen molar-refractivity contribution in [3.63, 3.8) is 0 Å². The molecule has 0 aromatic carbocycles. The van der Waals surface area contributed by atoms with E-state index < -0.39 is 0 Å². The fourth-order valence-electron chi connectivity index (χ4n) is 1.17. The Balaban J connectivity index is 1.93. The van der Waals surface area contributed by atoms with Crippen molar-refractivity contribution in [2.24, 2.45) is 0 Å². The number of aromatic nitrogens is 3. The van der Waals surface area contributed by atoms with Crippen molar-refractivity contribution in [2.45, 2.75) is 6.54 Å². The molecule has 0 saturated heterocycles. The van der Waals surface area contributed by atoms with Gasteiger partial charge in [-0.1, -0.05) is 17.4 Å². The lowest BCUT2D eigenvalue weighted by atomic mass is 10.3. The van der Waals surface area contributed by atoms with Crippen LogP contribution in [0, 0.1) is 0 Å². The molecule has 7 heteroatoms. The van der Waals surface area contributed by atoms with Gasteiger partial charge in [-0.15, -0.1) is 10.2 Å². The second-order valence-corrected chi connectivity index (χ2v) is 4.14. The summed E-state index contributed by atoms with van der Waals surface area (Å²) in [6.45, 7) is 0.383. The van der Waals surface area contributed by atoms with E-state index in [0.717, 1.165) is 5.69 Å². The maximum atomic E-state index is 11.7. The van der Waals surface area contributed by atoms with E-state index in [0.29, 0.717) is 16.7 Å². The first-order valence-electron chi connectivity index (χ1n) is 4.99. The molecule has 0 aliphatic rings. The molecule has 2 aromatic heterocycles. The SMILES string of the molecule is CNc1nnc(C(=O)NCc2ccccn2)s1. The van der Waals surface area contributed by atoms with E-state index in [1.54, 1.807) is 13.2 Å². The van der Waals surface area contributed by atoms with E-state index in [4.69, 9.17) is 0 Å². The van der Waals surface area contributed by atoms with Gasteiger partial charge in [0, 0.05) is 13.2 Å². The molecular formula is C10H11N5OS. The van der Waals surface area contributed by atoms with Gasteiger partial charge in [0.2, 0.25) is 10.1 Å². The molecular weight excluding hydrogens is 238 g/mol. The predicted molar refractivity (Wildman–Crippen MR) is 64.9 cm³/mol. The first-order valence-corrected chi connectivity index (χ1v) is 5.80. The number of pyridine rings is 1. The maximum absolute atomic E-state index is 11.7. The van der Waals surface area contributed by atoms with Crippen LogP contribution < -0.4 is 10.6 Å². The van der Waals surface area contributed by atoms with Crippen molar-refractivity contribution < 1.29 is 4.79 Å². The van der Waals surface area contributed by atoms with Gasteiger partial charge in [-0.2, -0.15) is 0 Å². The second kappa shape index (κ2) is 5.35. The number of nitrogens with zero attached hydrogens (tertiary/aromatic N) is 3. The van der Waals surface area contributed by atoms with Gasteiger partial charge in [-0.05, 0) is 12.1 Å². The molecule has 0 unspecified atom stereocenters. The minimum Gasteiger partial charge on any atom is -0.363 e. The van der Waals surface area contributed by atoms with Gasteiger partial charge in [-0.3, -0.25) is 9.78 Å². The van der Waals surface area contributed by atoms with E-state index in [2.05, 4.69) is 25.8 Å². The third-order valence-electron chi connectivity index (χ3n) is 1.99. The zero-order chi connectivity index (χ0) is 12.1. The molecule has 1 amide bonds. The summed E-state index contributed by atoms with van der Waals surface area (Å²) in [6, 6.07) is 5.55. The largest absolute Gasteiger partial charge is 0.363 e. The van der Waals surface area contributed by atoms with Gasteiger partial charge in [0.1, 0.15) is 0 Å². The number of anilines is 1. The molecule has 17 heavy (non-hydrogen) atoms. The van der Waals surface area contributed by atoms with Crippen LogP contribution in [-0.4, -0.2) is 28.1 Å². The van der Waals surface area contributed by atoms with Gasteiger partial charge in [0.15, 0.2) is 0 Å². The molecule has 2 N–H and O–H groups in total. The number of nitrogens with one attached hydrogen (secondary N) is 2. The topological polar surface area (TPSA) is 79.8 Å². The van der Waals surface area contributed by atoms with Crippen molar-refractivity contribution in [1.82, 2.24) is 20.5 Å². The minimum atomic E-state index is -0.241. The van der Waals surface area contributed by atoms with Gasteiger partial charge >= 0.3 is 0 Å². The van der Waals surface area contributed by atoms with Crippen molar-refractivity contribution in [2.75, 3.05) is 12.4 Å². The summed E-state index contributed by atoms with van der Waals surface area (Å²) in [6.07, 6.45) is 1.69. The highest BCUT2D eigenvalue weighted by Crippen LogP contribution is 2.13. The third-order valence-corrected chi connectivity index (χ3v) is 2.93. The Kier molecular flexibility index (Phi) is 3.61. The normalized spacial score (nSPS) is 9.94. The molecule has 0 aliphatic carbocycles. The van der Waals surface area contributed by atoms with Gasteiger partial charge < -0.3 is 10.6 Å². The molecule has 0 aliphatic heterocycles. The van der Waals surface area contributed by atoms with E-state index in [-0.39, 0.29) is 5.91 Å². The number of hydrogen-bond donors (Lipinski definition) is 2. The minimum absolute atomic E-state index is 0.241. The Labute approximate surface area is 102 Å². The molecule has 88 valence electrons. The molecule has 0 atom stereocenters. The number of carbonyl (C=O) groups is 1. The summed E-state index contributed by atoms with van der Waals surface area (Å²) < 4.78 is 0. The van der Waals surface area contributed by atoms with Gasteiger partial charge in [0.05, 0.1) is 12.2 Å². The number of hydrogen-bond acceptors (Lipinski definition) is 6. The average Bonchev–Trinajstić information content (AvgIpc) is 2.86. The highest BCUT2D eigenvalue weighted by molar-refractivity contribution is 7.17. The van der Waals surface area contributed by atoms with Crippen LogP contribution in [0.1, 0.15) is 15.5 Å². The summed E-state index contributed by atoms with van der Waals surface area (Å²) in [7, 11) is 1.73. The van der Waals surface area contributed by atoms with Crippen molar-refractivity contribution in [1.29, 1.82) is 0 Å². The lowest BCUT2D eigenvalue weighted by Gasteiger charge is -2.01. The molecule has 6 nitrogen and oxygen atoms in total. The Hall–Kier alpha value is -2.02. The Bertz CT molecular complexity index is 498.